The van der Waals surface area contributed by atoms with E-state index in [1.807, 2.05) is 0 Å². The van der Waals surface area contributed by atoms with Crippen LogP contribution < -0.4 is 5.32 Å². The molecule has 0 aromatic carbocycles. The number of amides is 1. The number of piperazine rings is 1. The molecule has 1 N–H and O–H groups in total. The summed E-state index contributed by atoms with van der Waals surface area (Å²) in [6, 6.07) is 0.715. The minimum Gasteiger partial charge on any atom is -0.339 e. The monoisotopic (exact) mass is 265 g/mol. The van der Waals surface area contributed by atoms with Crippen LogP contribution in [0.4, 0.5) is 0 Å². The summed E-state index contributed by atoms with van der Waals surface area (Å²) in [5, 5.41) is 3.66. The molecule has 3 atom stereocenters. The maximum atomic E-state index is 12.6. The van der Waals surface area contributed by atoms with Crippen LogP contribution in [0.1, 0.15) is 38.5 Å². The molecule has 1 aliphatic carbocycles. The number of carbonyl (C=O) groups is 1. The molecule has 1 saturated carbocycles. The molecule has 2 saturated heterocycles. The smallest absolute Gasteiger partial charge is 0.239 e. The fourth-order valence-corrected chi connectivity index (χ4v) is 3.94. The predicted molar refractivity (Wildman–Crippen MR) is 76.0 cm³/mol. The van der Waals surface area contributed by atoms with E-state index in [9.17, 15) is 4.79 Å². The van der Waals surface area contributed by atoms with Crippen molar-refractivity contribution in [3.8, 4) is 0 Å². The maximum Gasteiger partial charge on any atom is 0.239 e. The van der Waals surface area contributed by atoms with Gasteiger partial charge in [-0.25, -0.2) is 0 Å². The molecule has 1 amide bonds. The zero-order valence-electron chi connectivity index (χ0n) is 12.1. The normalized spacial score (nSPS) is 36.9. The van der Waals surface area contributed by atoms with Crippen LogP contribution >= 0.6 is 0 Å². The molecule has 0 aromatic heterocycles. The number of fused-ring (bicyclic) bond motifs is 1. The molecule has 0 bridgehead atoms. The standard InChI is InChI=1S/C15H27N3O/c1-17-8-10-18(11-9-17)15(19)14-7-6-12-4-2-3-5-13(12)16-14/h12-14,16H,2-11H2,1H3. The van der Waals surface area contributed by atoms with E-state index in [0.29, 0.717) is 11.9 Å². The number of carbonyl (C=O) groups excluding carboxylic acids is 1. The average molecular weight is 265 g/mol. The number of hydrogen-bond donors (Lipinski definition) is 1. The van der Waals surface area contributed by atoms with E-state index < -0.39 is 0 Å². The summed E-state index contributed by atoms with van der Waals surface area (Å²) in [6.07, 6.45) is 7.67. The second kappa shape index (κ2) is 5.80. The highest BCUT2D eigenvalue weighted by Crippen LogP contribution is 2.32. The molecule has 3 unspecified atom stereocenters. The van der Waals surface area contributed by atoms with Gasteiger partial charge in [0.05, 0.1) is 6.04 Å². The van der Waals surface area contributed by atoms with Crippen LogP contribution in [0.5, 0.6) is 0 Å². The van der Waals surface area contributed by atoms with Crippen molar-refractivity contribution in [2.75, 3.05) is 33.2 Å². The summed E-state index contributed by atoms with van der Waals surface area (Å²) in [4.78, 5) is 17.0. The van der Waals surface area contributed by atoms with Gasteiger partial charge in [-0.2, -0.15) is 0 Å². The van der Waals surface area contributed by atoms with E-state index in [4.69, 9.17) is 0 Å². The molecule has 3 fully saturated rings. The minimum atomic E-state index is 0.0998. The number of hydrogen-bond acceptors (Lipinski definition) is 3. The minimum absolute atomic E-state index is 0.0998. The van der Waals surface area contributed by atoms with Gasteiger partial charge in [0.1, 0.15) is 0 Å². The molecule has 0 spiro atoms. The van der Waals surface area contributed by atoms with E-state index in [1.54, 1.807) is 0 Å². The van der Waals surface area contributed by atoms with Gasteiger partial charge in [0.25, 0.3) is 0 Å². The van der Waals surface area contributed by atoms with Crippen molar-refractivity contribution in [3.63, 3.8) is 0 Å². The maximum absolute atomic E-state index is 12.6. The van der Waals surface area contributed by atoms with Gasteiger partial charge in [-0.15, -0.1) is 0 Å². The highest BCUT2D eigenvalue weighted by molar-refractivity contribution is 5.82. The van der Waals surface area contributed by atoms with E-state index in [1.165, 1.54) is 32.1 Å². The zero-order chi connectivity index (χ0) is 13.2. The van der Waals surface area contributed by atoms with Crippen LogP contribution in [0, 0.1) is 5.92 Å². The Morgan fingerprint density at radius 2 is 1.74 bits per heavy atom. The van der Waals surface area contributed by atoms with Crippen LogP contribution in [-0.4, -0.2) is 61.0 Å². The van der Waals surface area contributed by atoms with Crippen molar-refractivity contribution in [3.05, 3.63) is 0 Å². The Bertz CT molecular complexity index is 325. The number of nitrogens with one attached hydrogen (secondary N) is 1. The predicted octanol–water partition coefficient (Wildman–Crippen LogP) is 1.07. The SMILES string of the molecule is CN1CCN(C(=O)C2CCC3CCCCC3N2)CC1. The Morgan fingerprint density at radius 1 is 1.00 bits per heavy atom. The van der Waals surface area contributed by atoms with Crippen molar-refractivity contribution in [1.29, 1.82) is 0 Å². The number of nitrogens with zero attached hydrogens (tertiary/aromatic N) is 2. The number of rotatable bonds is 1. The van der Waals surface area contributed by atoms with Gasteiger partial charge in [0.2, 0.25) is 5.91 Å². The molecule has 3 rings (SSSR count). The highest BCUT2D eigenvalue weighted by atomic mass is 16.2. The van der Waals surface area contributed by atoms with Gasteiger partial charge in [-0.3, -0.25) is 4.79 Å². The topological polar surface area (TPSA) is 35.6 Å². The fourth-order valence-electron chi connectivity index (χ4n) is 3.94. The van der Waals surface area contributed by atoms with E-state index in [0.717, 1.165) is 38.5 Å². The van der Waals surface area contributed by atoms with Gasteiger partial charge in [0.15, 0.2) is 0 Å². The van der Waals surface area contributed by atoms with Crippen molar-refractivity contribution < 1.29 is 4.79 Å². The van der Waals surface area contributed by atoms with Crippen molar-refractivity contribution in [1.82, 2.24) is 15.1 Å². The summed E-state index contributed by atoms with van der Waals surface area (Å²) in [5.41, 5.74) is 0. The number of likely N-dealkylation sites (N-methyl/N-ethyl adjacent to an activating group) is 1. The Labute approximate surface area is 116 Å². The quantitative estimate of drug-likeness (QED) is 0.770. The first-order chi connectivity index (χ1) is 9.24. The molecule has 3 aliphatic rings. The molecule has 4 nitrogen and oxygen atoms in total. The lowest BCUT2D eigenvalue weighted by Gasteiger charge is -2.42. The van der Waals surface area contributed by atoms with Gasteiger partial charge in [-0.1, -0.05) is 12.8 Å². The third-order valence-corrected chi connectivity index (χ3v) is 5.26. The molecule has 4 heteroatoms. The average Bonchev–Trinajstić information content (AvgIpc) is 2.47. The first-order valence-corrected chi connectivity index (χ1v) is 7.97. The Balaban J connectivity index is 1.55. The molecular weight excluding hydrogens is 238 g/mol. The van der Waals surface area contributed by atoms with Gasteiger partial charge in [0, 0.05) is 32.2 Å². The van der Waals surface area contributed by atoms with E-state index in [2.05, 4.69) is 22.2 Å². The number of piperidine rings is 1. The largest absolute Gasteiger partial charge is 0.339 e. The van der Waals surface area contributed by atoms with Crippen LogP contribution in [-0.2, 0) is 4.79 Å². The Hall–Kier alpha value is -0.610. The molecule has 2 heterocycles. The van der Waals surface area contributed by atoms with Crippen LogP contribution in [0.25, 0.3) is 0 Å². The lowest BCUT2D eigenvalue weighted by Crippen LogP contribution is -2.58. The molecule has 108 valence electrons. The second-order valence-electron chi connectivity index (χ2n) is 6.58. The Kier molecular flexibility index (Phi) is 4.08. The molecular formula is C15H27N3O. The molecule has 19 heavy (non-hydrogen) atoms. The highest BCUT2D eigenvalue weighted by Gasteiger charge is 2.36. The first-order valence-electron chi connectivity index (χ1n) is 7.97. The van der Waals surface area contributed by atoms with E-state index in [-0.39, 0.29) is 6.04 Å². The van der Waals surface area contributed by atoms with Gasteiger partial charge in [-0.05, 0) is 38.6 Å². The summed E-state index contributed by atoms with van der Waals surface area (Å²) in [5.74, 6) is 1.20. The zero-order valence-corrected chi connectivity index (χ0v) is 12.1. The van der Waals surface area contributed by atoms with Gasteiger partial charge < -0.3 is 15.1 Å². The first kappa shape index (κ1) is 13.4. The van der Waals surface area contributed by atoms with Crippen molar-refractivity contribution in [2.45, 2.75) is 50.6 Å². The summed E-state index contributed by atoms with van der Waals surface area (Å²) in [6.45, 7) is 3.85. The molecule has 0 radical (unpaired) electrons. The van der Waals surface area contributed by atoms with Gasteiger partial charge >= 0.3 is 0 Å². The lowest BCUT2D eigenvalue weighted by molar-refractivity contribution is -0.136. The van der Waals surface area contributed by atoms with Crippen molar-refractivity contribution in [2.24, 2.45) is 5.92 Å². The van der Waals surface area contributed by atoms with Crippen molar-refractivity contribution >= 4 is 5.91 Å². The summed E-state index contributed by atoms with van der Waals surface area (Å²) >= 11 is 0. The Morgan fingerprint density at radius 3 is 2.53 bits per heavy atom. The van der Waals surface area contributed by atoms with Crippen LogP contribution in [0.15, 0.2) is 0 Å². The van der Waals surface area contributed by atoms with Crippen LogP contribution in [0.2, 0.25) is 0 Å². The van der Waals surface area contributed by atoms with E-state index >= 15 is 0 Å². The third-order valence-electron chi connectivity index (χ3n) is 5.26. The second-order valence-corrected chi connectivity index (χ2v) is 6.58. The van der Waals surface area contributed by atoms with Crippen LogP contribution in [0.3, 0.4) is 0 Å². The molecule has 2 aliphatic heterocycles. The fraction of sp³-hybridized carbons (Fsp3) is 0.933. The summed E-state index contributed by atoms with van der Waals surface area (Å²) < 4.78 is 0. The third kappa shape index (κ3) is 2.95. The lowest BCUT2D eigenvalue weighted by atomic mass is 9.77. The summed E-state index contributed by atoms with van der Waals surface area (Å²) in [7, 11) is 2.13. The molecule has 0 aromatic rings.